The number of aromatic nitrogens is 3. The Labute approximate surface area is 195 Å². The lowest BCUT2D eigenvalue weighted by atomic mass is 9.92. The van der Waals surface area contributed by atoms with Crippen LogP contribution in [-0.2, 0) is 4.74 Å². The first-order chi connectivity index (χ1) is 15.9. The van der Waals surface area contributed by atoms with Gasteiger partial charge in [-0.05, 0) is 44.4 Å². The van der Waals surface area contributed by atoms with Crippen molar-refractivity contribution in [2.24, 2.45) is 11.8 Å². The summed E-state index contributed by atoms with van der Waals surface area (Å²) in [4.78, 5) is 21.7. The van der Waals surface area contributed by atoms with Crippen LogP contribution >= 0.6 is 0 Å². The normalized spacial score (nSPS) is 25.1. The number of fused-ring (bicyclic) bond motifs is 3. The molecule has 4 heterocycles. The smallest absolute Gasteiger partial charge is 0.410 e. The van der Waals surface area contributed by atoms with E-state index in [0.29, 0.717) is 23.8 Å². The third kappa shape index (κ3) is 4.26. The summed E-state index contributed by atoms with van der Waals surface area (Å²) in [5.41, 5.74) is 3.08. The summed E-state index contributed by atoms with van der Waals surface area (Å²) < 4.78 is 7.71. The maximum absolute atomic E-state index is 12.8. The lowest BCUT2D eigenvalue weighted by Gasteiger charge is -2.41. The summed E-state index contributed by atoms with van der Waals surface area (Å²) in [7, 11) is 0. The highest BCUT2D eigenvalue weighted by Gasteiger charge is 2.44. The first-order valence-corrected chi connectivity index (χ1v) is 12.1. The quantitative estimate of drug-likeness (QED) is 0.706. The number of anilines is 1. The molecule has 8 nitrogen and oxygen atoms in total. The second kappa shape index (κ2) is 8.86. The average molecular weight is 451 g/mol. The number of carbonyl (C=O) groups is 1. The monoisotopic (exact) mass is 450 g/mol. The molecule has 1 saturated carbocycles. The summed E-state index contributed by atoms with van der Waals surface area (Å²) in [5.74, 6) is 8.16. The van der Waals surface area contributed by atoms with Crippen LogP contribution in [0.25, 0.3) is 5.65 Å². The van der Waals surface area contributed by atoms with E-state index in [1.807, 2.05) is 29.5 Å². The van der Waals surface area contributed by atoms with Gasteiger partial charge in [0.2, 0.25) is 0 Å². The SMILES string of the molecule is CC#CCN1CC(OC(=O)N2CC3CCC(C2)C3Nc2cc(C)nc3c(C(C)C)cnn23)C1. The maximum atomic E-state index is 12.8. The molecule has 3 fully saturated rings. The molecule has 1 aliphatic carbocycles. The van der Waals surface area contributed by atoms with Crippen molar-refractivity contribution in [3.05, 3.63) is 23.5 Å². The molecule has 1 amide bonds. The molecule has 2 aromatic heterocycles. The minimum atomic E-state index is -0.160. The van der Waals surface area contributed by atoms with Gasteiger partial charge in [0, 0.05) is 49.5 Å². The van der Waals surface area contributed by atoms with Crippen LogP contribution < -0.4 is 5.32 Å². The van der Waals surface area contributed by atoms with Crippen molar-refractivity contribution in [3.63, 3.8) is 0 Å². The molecule has 33 heavy (non-hydrogen) atoms. The zero-order valence-electron chi connectivity index (χ0n) is 20.0. The van der Waals surface area contributed by atoms with Crippen molar-refractivity contribution >= 4 is 17.6 Å². The van der Waals surface area contributed by atoms with E-state index in [2.05, 4.69) is 47.1 Å². The fourth-order valence-corrected chi connectivity index (χ4v) is 5.52. The van der Waals surface area contributed by atoms with Crippen LogP contribution in [0.1, 0.15) is 50.8 Å². The van der Waals surface area contributed by atoms with Crippen LogP contribution in [0.15, 0.2) is 12.3 Å². The van der Waals surface area contributed by atoms with Gasteiger partial charge in [0.05, 0.1) is 12.7 Å². The number of carbonyl (C=O) groups excluding carboxylic acids is 1. The molecule has 2 aliphatic heterocycles. The molecule has 176 valence electrons. The number of rotatable bonds is 5. The number of hydrogen-bond donors (Lipinski definition) is 1. The van der Waals surface area contributed by atoms with Gasteiger partial charge >= 0.3 is 6.09 Å². The third-order valence-corrected chi connectivity index (χ3v) is 7.33. The Kier molecular flexibility index (Phi) is 5.92. The highest BCUT2D eigenvalue weighted by atomic mass is 16.6. The average Bonchev–Trinajstić information content (AvgIpc) is 3.26. The minimum absolute atomic E-state index is 0.00676. The Morgan fingerprint density at radius 1 is 1.24 bits per heavy atom. The van der Waals surface area contributed by atoms with Gasteiger partial charge < -0.3 is 15.0 Å². The molecule has 0 spiro atoms. The number of nitrogens with one attached hydrogen (secondary N) is 1. The van der Waals surface area contributed by atoms with E-state index in [0.717, 1.165) is 62.7 Å². The van der Waals surface area contributed by atoms with Gasteiger partial charge in [-0.2, -0.15) is 9.61 Å². The molecule has 2 atom stereocenters. The second-order valence-electron chi connectivity index (χ2n) is 10.1. The van der Waals surface area contributed by atoms with E-state index >= 15 is 0 Å². The molecule has 2 aromatic rings. The lowest BCUT2D eigenvalue weighted by molar-refractivity contribution is -0.0257. The summed E-state index contributed by atoms with van der Waals surface area (Å²) >= 11 is 0. The molecule has 1 N–H and O–H groups in total. The maximum Gasteiger partial charge on any atom is 0.410 e. The molecular formula is C25H34N6O2. The number of ether oxygens (including phenoxy) is 1. The predicted octanol–water partition coefficient (Wildman–Crippen LogP) is 3.13. The van der Waals surface area contributed by atoms with Crippen LogP contribution in [-0.4, -0.2) is 75.4 Å². The van der Waals surface area contributed by atoms with E-state index in [1.165, 1.54) is 5.56 Å². The number of amides is 1. The van der Waals surface area contributed by atoms with Crippen molar-refractivity contribution in [3.8, 4) is 11.8 Å². The number of nitrogens with zero attached hydrogens (tertiary/aromatic N) is 5. The second-order valence-corrected chi connectivity index (χ2v) is 10.1. The highest BCUT2D eigenvalue weighted by Crippen LogP contribution is 2.39. The van der Waals surface area contributed by atoms with Crippen LogP contribution in [0, 0.1) is 30.6 Å². The first-order valence-electron chi connectivity index (χ1n) is 12.1. The zero-order valence-corrected chi connectivity index (χ0v) is 20.0. The molecule has 2 unspecified atom stereocenters. The van der Waals surface area contributed by atoms with E-state index in [4.69, 9.17) is 9.72 Å². The van der Waals surface area contributed by atoms with E-state index in [9.17, 15) is 4.79 Å². The van der Waals surface area contributed by atoms with Gasteiger partial charge in [-0.15, -0.1) is 5.92 Å². The lowest BCUT2D eigenvalue weighted by Crippen LogP contribution is -2.56. The summed E-state index contributed by atoms with van der Waals surface area (Å²) in [5, 5.41) is 8.42. The zero-order chi connectivity index (χ0) is 23.1. The van der Waals surface area contributed by atoms with Gasteiger partial charge in [0.15, 0.2) is 5.65 Å². The van der Waals surface area contributed by atoms with Crippen molar-refractivity contribution in [1.82, 2.24) is 24.4 Å². The fourth-order valence-electron chi connectivity index (χ4n) is 5.52. The Morgan fingerprint density at radius 3 is 2.64 bits per heavy atom. The van der Waals surface area contributed by atoms with E-state index in [-0.39, 0.29) is 12.2 Å². The van der Waals surface area contributed by atoms with Crippen molar-refractivity contribution in [2.45, 2.75) is 58.6 Å². The van der Waals surface area contributed by atoms with Gasteiger partial charge in [0.25, 0.3) is 0 Å². The van der Waals surface area contributed by atoms with E-state index < -0.39 is 0 Å². The van der Waals surface area contributed by atoms with Crippen LogP contribution in [0.5, 0.6) is 0 Å². The summed E-state index contributed by atoms with van der Waals surface area (Å²) in [6.07, 6.45) is 4.02. The molecule has 0 radical (unpaired) electrons. The topological polar surface area (TPSA) is 75.0 Å². The van der Waals surface area contributed by atoms with Crippen molar-refractivity contribution in [2.75, 3.05) is 38.0 Å². The number of aryl methyl sites for hydroxylation is 1. The Morgan fingerprint density at radius 2 is 1.97 bits per heavy atom. The largest absolute Gasteiger partial charge is 0.443 e. The van der Waals surface area contributed by atoms with Crippen molar-refractivity contribution in [1.29, 1.82) is 0 Å². The van der Waals surface area contributed by atoms with Gasteiger partial charge in [-0.3, -0.25) is 4.90 Å². The number of likely N-dealkylation sites (tertiary alicyclic amines) is 2. The van der Waals surface area contributed by atoms with E-state index in [1.54, 1.807) is 0 Å². The molecule has 2 bridgehead atoms. The van der Waals surface area contributed by atoms with Crippen LogP contribution in [0.4, 0.5) is 10.6 Å². The molecule has 2 saturated heterocycles. The summed E-state index contributed by atoms with van der Waals surface area (Å²) in [6.45, 7) is 12.0. The highest BCUT2D eigenvalue weighted by molar-refractivity contribution is 5.68. The van der Waals surface area contributed by atoms with Gasteiger partial charge in [-0.1, -0.05) is 19.8 Å². The number of piperidine rings is 1. The Bertz CT molecular complexity index is 1080. The molecular weight excluding hydrogens is 416 g/mol. The minimum Gasteiger partial charge on any atom is -0.443 e. The van der Waals surface area contributed by atoms with Crippen LogP contribution in [0.2, 0.25) is 0 Å². The Balaban J connectivity index is 1.23. The molecule has 0 aromatic carbocycles. The standard InChI is InChI=1S/C25H34N6O2/c1-5-6-9-29-14-20(15-29)33-25(32)30-12-18-7-8-19(13-30)23(18)28-22-10-17(4)27-24-21(16(2)3)11-26-31(22)24/h10-11,16,18-20,23,28H,7-9,12-15H2,1-4H3. The first kappa shape index (κ1) is 22.0. The van der Waals surface area contributed by atoms with Crippen molar-refractivity contribution < 1.29 is 9.53 Å². The molecule has 3 aliphatic rings. The Hall–Kier alpha value is -2.79. The third-order valence-electron chi connectivity index (χ3n) is 7.33. The van der Waals surface area contributed by atoms with Gasteiger partial charge in [-0.25, -0.2) is 9.78 Å². The van der Waals surface area contributed by atoms with Gasteiger partial charge in [0.1, 0.15) is 11.9 Å². The predicted molar refractivity (Wildman–Crippen MR) is 127 cm³/mol. The fraction of sp³-hybridized carbons (Fsp3) is 0.640. The number of hydrogen-bond acceptors (Lipinski definition) is 6. The molecule has 5 rings (SSSR count). The molecule has 8 heteroatoms. The van der Waals surface area contributed by atoms with Crippen LogP contribution in [0.3, 0.4) is 0 Å². The summed E-state index contributed by atoms with van der Waals surface area (Å²) in [6, 6.07) is 2.41.